The van der Waals surface area contributed by atoms with Crippen molar-refractivity contribution in [2.75, 3.05) is 58.6 Å². The molecule has 0 unspecified atom stereocenters. The molecule has 9 heteroatoms. The van der Waals surface area contributed by atoms with E-state index in [4.69, 9.17) is 30.5 Å². The number of rotatable bonds is 14. The van der Waals surface area contributed by atoms with Crippen molar-refractivity contribution >= 4 is 23.6 Å². The van der Waals surface area contributed by atoms with Crippen LogP contribution >= 0.6 is 11.6 Å². The molecule has 0 spiro atoms. The fourth-order valence-electron chi connectivity index (χ4n) is 1.53. The number of amides is 2. The quantitative estimate of drug-likeness (QED) is 0.347. The Hall–Kier alpha value is -1.09. The van der Waals surface area contributed by atoms with Crippen LogP contribution in [0.3, 0.4) is 0 Å². The molecular formula is C16H31ClN2O6. The van der Waals surface area contributed by atoms with Crippen LogP contribution in [0.2, 0.25) is 0 Å². The van der Waals surface area contributed by atoms with Crippen LogP contribution < -0.4 is 10.6 Å². The Balaban J connectivity index is 3.19. The lowest BCUT2D eigenvalue weighted by Gasteiger charge is -2.19. The number of halogens is 1. The van der Waals surface area contributed by atoms with E-state index in [-0.39, 0.29) is 11.8 Å². The SMILES string of the molecule is CC(C)(C)OC(=O)NCCOCCOCCOCCCNC(=O)CCl. The van der Waals surface area contributed by atoms with Crippen LogP contribution in [0.1, 0.15) is 27.2 Å². The molecule has 0 saturated carbocycles. The van der Waals surface area contributed by atoms with E-state index in [0.717, 1.165) is 6.42 Å². The highest BCUT2D eigenvalue weighted by molar-refractivity contribution is 6.27. The van der Waals surface area contributed by atoms with Gasteiger partial charge >= 0.3 is 6.09 Å². The highest BCUT2D eigenvalue weighted by atomic mass is 35.5. The van der Waals surface area contributed by atoms with Gasteiger partial charge in [0.15, 0.2) is 0 Å². The van der Waals surface area contributed by atoms with Gasteiger partial charge in [-0.05, 0) is 27.2 Å². The lowest BCUT2D eigenvalue weighted by molar-refractivity contribution is -0.118. The van der Waals surface area contributed by atoms with Gasteiger partial charge in [0.1, 0.15) is 11.5 Å². The standard InChI is InChI=1S/C16H31ClN2O6/c1-16(2,3)25-15(21)19-6-8-23-10-12-24-11-9-22-7-4-5-18-14(20)13-17/h4-13H2,1-3H3,(H,18,20)(H,19,21). The molecule has 0 aromatic rings. The monoisotopic (exact) mass is 382 g/mol. The van der Waals surface area contributed by atoms with Crippen LogP contribution in [0, 0.1) is 0 Å². The van der Waals surface area contributed by atoms with Gasteiger partial charge in [-0.1, -0.05) is 0 Å². The molecule has 0 fully saturated rings. The first-order valence-electron chi connectivity index (χ1n) is 8.38. The van der Waals surface area contributed by atoms with E-state index in [2.05, 4.69) is 10.6 Å². The third kappa shape index (κ3) is 19.1. The summed E-state index contributed by atoms with van der Waals surface area (Å²) in [5, 5.41) is 5.26. The first-order valence-corrected chi connectivity index (χ1v) is 8.91. The zero-order valence-electron chi connectivity index (χ0n) is 15.4. The van der Waals surface area contributed by atoms with Crippen molar-refractivity contribution in [3.63, 3.8) is 0 Å². The second-order valence-corrected chi connectivity index (χ2v) is 6.37. The molecule has 0 saturated heterocycles. The Morgan fingerprint density at radius 1 is 0.840 bits per heavy atom. The van der Waals surface area contributed by atoms with Gasteiger partial charge in [0.05, 0.1) is 33.0 Å². The Labute approximate surface area is 154 Å². The van der Waals surface area contributed by atoms with Crippen molar-refractivity contribution in [1.29, 1.82) is 0 Å². The van der Waals surface area contributed by atoms with Gasteiger partial charge in [-0.25, -0.2) is 4.79 Å². The van der Waals surface area contributed by atoms with Gasteiger partial charge in [0.2, 0.25) is 5.91 Å². The summed E-state index contributed by atoms with van der Waals surface area (Å²) in [6, 6.07) is 0. The summed E-state index contributed by atoms with van der Waals surface area (Å²) in [7, 11) is 0. The minimum Gasteiger partial charge on any atom is -0.444 e. The van der Waals surface area contributed by atoms with E-state index < -0.39 is 11.7 Å². The third-order valence-electron chi connectivity index (χ3n) is 2.57. The fourth-order valence-corrected chi connectivity index (χ4v) is 1.63. The van der Waals surface area contributed by atoms with E-state index in [0.29, 0.717) is 52.7 Å². The minimum atomic E-state index is -0.501. The highest BCUT2D eigenvalue weighted by Crippen LogP contribution is 2.05. The summed E-state index contributed by atoms with van der Waals surface area (Å²) in [5.41, 5.74) is -0.501. The lowest BCUT2D eigenvalue weighted by Crippen LogP contribution is -2.34. The van der Waals surface area contributed by atoms with E-state index in [1.807, 2.05) is 20.8 Å². The number of alkyl halides is 1. The maximum atomic E-state index is 11.4. The van der Waals surface area contributed by atoms with Crippen LogP contribution in [-0.4, -0.2) is 76.2 Å². The third-order valence-corrected chi connectivity index (χ3v) is 2.81. The van der Waals surface area contributed by atoms with E-state index in [1.165, 1.54) is 0 Å². The van der Waals surface area contributed by atoms with Gasteiger partial charge in [-0.15, -0.1) is 11.6 Å². The second-order valence-electron chi connectivity index (χ2n) is 6.10. The predicted molar refractivity (Wildman–Crippen MR) is 95.0 cm³/mol. The number of ether oxygens (including phenoxy) is 4. The largest absolute Gasteiger partial charge is 0.444 e. The van der Waals surface area contributed by atoms with Gasteiger partial charge in [0.25, 0.3) is 0 Å². The Morgan fingerprint density at radius 2 is 1.40 bits per heavy atom. The van der Waals surface area contributed by atoms with Crippen LogP contribution in [-0.2, 0) is 23.7 Å². The number of alkyl carbamates (subject to hydrolysis) is 1. The molecular weight excluding hydrogens is 352 g/mol. The maximum absolute atomic E-state index is 11.4. The molecule has 25 heavy (non-hydrogen) atoms. The topological polar surface area (TPSA) is 95.1 Å². The van der Waals surface area contributed by atoms with Crippen LogP contribution in [0.25, 0.3) is 0 Å². The number of nitrogens with one attached hydrogen (secondary N) is 2. The Morgan fingerprint density at radius 3 is 1.96 bits per heavy atom. The molecule has 0 aromatic heterocycles. The van der Waals surface area contributed by atoms with Crippen molar-refractivity contribution in [1.82, 2.24) is 10.6 Å². The summed E-state index contributed by atoms with van der Waals surface area (Å²) >= 11 is 5.35. The average molecular weight is 383 g/mol. The van der Waals surface area contributed by atoms with Crippen LogP contribution in [0.15, 0.2) is 0 Å². The lowest BCUT2D eigenvalue weighted by atomic mass is 10.2. The van der Waals surface area contributed by atoms with Gasteiger partial charge < -0.3 is 29.6 Å². The molecule has 0 heterocycles. The predicted octanol–water partition coefficient (Wildman–Crippen LogP) is 1.31. The first-order chi connectivity index (χ1) is 11.8. The summed E-state index contributed by atoms with van der Waals surface area (Å²) in [4.78, 5) is 22.2. The zero-order chi connectivity index (χ0) is 19.0. The van der Waals surface area contributed by atoms with Crippen molar-refractivity contribution in [2.24, 2.45) is 0 Å². The van der Waals surface area contributed by atoms with Gasteiger partial charge in [-0.2, -0.15) is 0 Å². The van der Waals surface area contributed by atoms with Crippen molar-refractivity contribution in [3.8, 4) is 0 Å². The molecule has 8 nitrogen and oxygen atoms in total. The Bertz CT molecular complexity index is 363. The molecule has 2 amide bonds. The molecule has 0 aliphatic carbocycles. The summed E-state index contributed by atoms with van der Waals surface area (Å²) in [6.45, 7) is 9.19. The average Bonchev–Trinajstić information content (AvgIpc) is 2.53. The summed E-state index contributed by atoms with van der Waals surface area (Å²) in [6.07, 6.45) is 0.280. The van der Waals surface area contributed by atoms with Crippen LogP contribution in [0.4, 0.5) is 4.79 Å². The van der Waals surface area contributed by atoms with Gasteiger partial charge in [0, 0.05) is 19.7 Å². The minimum absolute atomic E-state index is 0.0200. The Kier molecular flexibility index (Phi) is 14.5. The normalized spacial score (nSPS) is 11.2. The smallest absolute Gasteiger partial charge is 0.407 e. The van der Waals surface area contributed by atoms with Crippen molar-refractivity contribution in [3.05, 3.63) is 0 Å². The second kappa shape index (κ2) is 15.2. The molecule has 0 atom stereocenters. The maximum Gasteiger partial charge on any atom is 0.407 e. The zero-order valence-corrected chi connectivity index (χ0v) is 16.2. The first kappa shape index (κ1) is 23.9. The molecule has 0 radical (unpaired) electrons. The van der Waals surface area contributed by atoms with E-state index in [9.17, 15) is 9.59 Å². The molecule has 0 rings (SSSR count). The number of hydrogen-bond donors (Lipinski definition) is 2. The molecule has 2 N–H and O–H groups in total. The summed E-state index contributed by atoms with van der Waals surface area (Å²) in [5.74, 6) is -0.195. The number of hydrogen-bond acceptors (Lipinski definition) is 6. The molecule has 148 valence electrons. The fraction of sp³-hybridized carbons (Fsp3) is 0.875. The van der Waals surface area contributed by atoms with Gasteiger partial charge in [-0.3, -0.25) is 4.79 Å². The van der Waals surface area contributed by atoms with Crippen molar-refractivity contribution < 1.29 is 28.5 Å². The van der Waals surface area contributed by atoms with Crippen LogP contribution in [0.5, 0.6) is 0 Å². The van der Waals surface area contributed by atoms with Crippen molar-refractivity contribution in [2.45, 2.75) is 32.8 Å². The molecule has 0 aromatic carbocycles. The molecule has 0 aliphatic heterocycles. The van der Waals surface area contributed by atoms with E-state index >= 15 is 0 Å². The number of carbonyl (C=O) groups excluding carboxylic acids is 2. The summed E-state index contributed by atoms with van der Waals surface area (Å²) < 4.78 is 21.1. The highest BCUT2D eigenvalue weighted by Gasteiger charge is 2.15. The molecule has 0 bridgehead atoms. The number of carbonyl (C=O) groups is 2. The van der Waals surface area contributed by atoms with E-state index in [1.54, 1.807) is 0 Å². The molecule has 0 aliphatic rings.